The third kappa shape index (κ3) is 4.61. The van der Waals surface area contributed by atoms with Crippen molar-refractivity contribution in [2.75, 3.05) is 19.7 Å². The maximum atomic E-state index is 13.8. The van der Waals surface area contributed by atoms with Gasteiger partial charge in [0.15, 0.2) is 0 Å². The summed E-state index contributed by atoms with van der Waals surface area (Å²) in [6, 6.07) is 13.0. The minimum absolute atomic E-state index is 0.123. The van der Waals surface area contributed by atoms with Crippen LogP contribution in [0.5, 0.6) is 0 Å². The lowest BCUT2D eigenvalue weighted by Crippen LogP contribution is -2.49. The fraction of sp³-hybridized carbons (Fsp3) is 0.280. The summed E-state index contributed by atoms with van der Waals surface area (Å²) >= 11 is 0. The number of ether oxygens (including phenoxy) is 1. The zero-order chi connectivity index (χ0) is 23.6. The first-order chi connectivity index (χ1) is 15.8. The number of hydrogen-bond acceptors (Lipinski definition) is 5. The predicted octanol–water partition coefficient (Wildman–Crippen LogP) is 3.26. The van der Waals surface area contributed by atoms with Gasteiger partial charge in [-0.25, -0.2) is 4.39 Å². The lowest BCUT2D eigenvalue weighted by molar-refractivity contribution is -0.144. The standard InChI is InChI=1S/C25H25FN4O3/c1-25(2,18-7-4-8-19(26)14-18)24(32)30-11-12-33-20(15-30)22-21(28-9-10-29-22)16-5-3-6-17(13-16)23(27)31/h3-10,13-14,20H,11-12,15H2,1-2H3,(H2,27,31)/t20-/m1/s1. The second kappa shape index (κ2) is 9.07. The molecule has 2 heterocycles. The Kier molecular flexibility index (Phi) is 6.20. The molecule has 1 atom stereocenters. The number of benzene rings is 2. The third-order valence-corrected chi connectivity index (χ3v) is 5.89. The van der Waals surface area contributed by atoms with E-state index in [9.17, 15) is 14.0 Å². The van der Waals surface area contributed by atoms with E-state index >= 15 is 0 Å². The summed E-state index contributed by atoms with van der Waals surface area (Å²) in [7, 11) is 0. The molecule has 1 saturated heterocycles. The van der Waals surface area contributed by atoms with E-state index in [4.69, 9.17) is 10.5 Å². The molecule has 1 aliphatic heterocycles. The number of carbonyl (C=O) groups is 2. The van der Waals surface area contributed by atoms with Gasteiger partial charge in [0.25, 0.3) is 0 Å². The maximum Gasteiger partial charge on any atom is 0.248 e. The topological polar surface area (TPSA) is 98.4 Å². The Bertz CT molecular complexity index is 1200. The molecule has 1 aliphatic rings. The first kappa shape index (κ1) is 22.5. The van der Waals surface area contributed by atoms with E-state index in [-0.39, 0.29) is 18.3 Å². The average molecular weight is 448 g/mol. The van der Waals surface area contributed by atoms with Crippen molar-refractivity contribution in [1.29, 1.82) is 0 Å². The van der Waals surface area contributed by atoms with Gasteiger partial charge in [0, 0.05) is 30.1 Å². The van der Waals surface area contributed by atoms with Gasteiger partial charge in [-0.05, 0) is 43.7 Å². The van der Waals surface area contributed by atoms with Gasteiger partial charge in [-0.1, -0.05) is 24.3 Å². The van der Waals surface area contributed by atoms with Gasteiger partial charge in [0.1, 0.15) is 11.9 Å². The Hall–Kier alpha value is -3.65. The summed E-state index contributed by atoms with van der Waals surface area (Å²) < 4.78 is 19.8. The Labute approximate surface area is 191 Å². The molecule has 0 aliphatic carbocycles. The van der Waals surface area contributed by atoms with Crippen LogP contribution in [0, 0.1) is 5.82 Å². The summed E-state index contributed by atoms with van der Waals surface area (Å²) in [6.07, 6.45) is 2.62. The van der Waals surface area contributed by atoms with Crippen molar-refractivity contribution < 1.29 is 18.7 Å². The van der Waals surface area contributed by atoms with E-state index in [2.05, 4.69) is 9.97 Å². The zero-order valence-electron chi connectivity index (χ0n) is 18.5. The van der Waals surface area contributed by atoms with Crippen molar-refractivity contribution in [3.8, 4) is 11.3 Å². The molecular weight excluding hydrogens is 423 g/mol. The number of carbonyl (C=O) groups excluding carboxylic acids is 2. The monoisotopic (exact) mass is 448 g/mol. The van der Waals surface area contributed by atoms with Crippen LogP contribution in [0.25, 0.3) is 11.3 Å². The molecule has 0 spiro atoms. The molecule has 33 heavy (non-hydrogen) atoms. The second-order valence-corrected chi connectivity index (χ2v) is 8.48. The molecule has 170 valence electrons. The van der Waals surface area contributed by atoms with E-state index in [0.717, 1.165) is 0 Å². The Morgan fingerprint density at radius 2 is 1.88 bits per heavy atom. The lowest BCUT2D eigenvalue weighted by atomic mass is 9.83. The molecule has 0 radical (unpaired) electrons. The van der Waals surface area contributed by atoms with Crippen LogP contribution in [0.4, 0.5) is 4.39 Å². The van der Waals surface area contributed by atoms with Crippen LogP contribution in [-0.4, -0.2) is 46.4 Å². The largest absolute Gasteiger partial charge is 0.368 e. The van der Waals surface area contributed by atoms with Crippen molar-refractivity contribution in [2.24, 2.45) is 5.73 Å². The molecule has 2 amide bonds. The van der Waals surface area contributed by atoms with E-state index < -0.39 is 17.4 Å². The number of rotatable bonds is 5. The predicted molar refractivity (Wildman–Crippen MR) is 121 cm³/mol. The maximum absolute atomic E-state index is 13.8. The molecule has 4 rings (SSSR count). The number of nitrogens with zero attached hydrogens (tertiary/aromatic N) is 3. The molecular formula is C25H25FN4O3. The van der Waals surface area contributed by atoms with Gasteiger partial charge < -0.3 is 15.4 Å². The van der Waals surface area contributed by atoms with Crippen molar-refractivity contribution in [2.45, 2.75) is 25.4 Å². The van der Waals surface area contributed by atoms with Crippen LogP contribution in [0.3, 0.4) is 0 Å². The van der Waals surface area contributed by atoms with Crippen molar-refractivity contribution >= 4 is 11.8 Å². The number of morpholine rings is 1. The number of amides is 2. The molecule has 0 unspecified atom stereocenters. The molecule has 1 fully saturated rings. The van der Waals surface area contributed by atoms with Gasteiger partial charge in [-0.3, -0.25) is 19.6 Å². The molecule has 2 aromatic carbocycles. The molecule has 0 saturated carbocycles. The number of primary amides is 1. The van der Waals surface area contributed by atoms with Crippen LogP contribution in [0.1, 0.15) is 41.6 Å². The number of nitrogens with two attached hydrogens (primary N) is 1. The SMILES string of the molecule is CC(C)(C(=O)N1CCO[C@@H](c2nccnc2-c2cccc(C(N)=O)c2)C1)c1cccc(F)c1. The minimum Gasteiger partial charge on any atom is -0.368 e. The number of halogens is 1. The summed E-state index contributed by atoms with van der Waals surface area (Å²) in [5, 5.41) is 0. The van der Waals surface area contributed by atoms with E-state index in [1.165, 1.54) is 12.1 Å². The first-order valence-electron chi connectivity index (χ1n) is 10.7. The zero-order valence-corrected chi connectivity index (χ0v) is 18.5. The van der Waals surface area contributed by atoms with Crippen LogP contribution >= 0.6 is 0 Å². The number of hydrogen-bond donors (Lipinski definition) is 1. The Morgan fingerprint density at radius 3 is 2.64 bits per heavy atom. The highest BCUT2D eigenvalue weighted by atomic mass is 19.1. The van der Waals surface area contributed by atoms with Gasteiger partial charge in [-0.2, -0.15) is 0 Å². The normalized spacial score (nSPS) is 16.5. The fourth-order valence-electron chi connectivity index (χ4n) is 4.02. The van der Waals surface area contributed by atoms with Gasteiger partial charge in [0.05, 0.1) is 30.0 Å². The number of aromatic nitrogens is 2. The molecule has 2 N–H and O–H groups in total. The van der Waals surface area contributed by atoms with E-state index in [0.29, 0.717) is 41.2 Å². The van der Waals surface area contributed by atoms with Crippen LogP contribution in [-0.2, 0) is 14.9 Å². The summed E-state index contributed by atoms with van der Waals surface area (Å²) in [5.74, 6) is -1.04. The average Bonchev–Trinajstić information content (AvgIpc) is 2.83. The first-order valence-corrected chi connectivity index (χ1v) is 10.7. The third-order valence-electron chi connectivity index (χ3n) is 5.89. The fourth-order valence-corrected chi connectivity index (χ4v) is 4.02. The van der Waals surface area contributed by atoms with Crippen molar-refractivity contribution in [3.63, 3.8) is 0 Å². The van der Waals surface area contributed by atoms with Crippen LogP contribution in [0.15, 0.2) is 60.9 Å². The van der Waals surface area contributed by atoms with Crippen LogP contribution in [0.2, 0.25) is 0 Å². The summed E-state index contributed by atoms with van der Waals surface area (Å²) in [4.78, 5) is 35.7. The Balaban J connectivity index is 1.62. The van der Waals surface area contributed by atoms with Gasteiger partial charge in [-0.15, -0.1) is 0 Å². The minimum atomic E-state index is -0.912. The van der Waals surface area contributed by atoms with E-state index in [1.807, 2.05) is 6.07 Å². The molecule has 1 aromatic heterocycles. The highest BCUT2D eigenvalue weighted by Gasteiger charge is 2.37. The van der Waals surface area contributed by atoms with Crippen molar-refractivity contribution in [1.82, 2.24) is 14.9 Å². The summed E-state index contributed by atoms with van der Waals surface area (Å²) in [5.41, 5.74) is 7.30. The van der Waals surface area contributed by atoms with Crippen molar-refractivity contribution in [3.05, 3.63) is 83.6 Å². The van der Waals surface area contributed by atoms with E-state index in [1.54, 1.807) is 61.5 Å². The lowest BCUT2D eigenvalue weighted by Gasteiger charge is -2.38. The molecule has 7 nitrogen and oxygen atoms in total. The molecule has 8 heteroatoms. The van der Waals surface area contributed by atoms with Gasteiger partial charge >= 0.3 is 0 Å². The smallest absolute Gasteiger partial charge is 0.248 e. The quantitative estimate of drug-likeness (QED) is 0.646. The second-order valence-electron chi connectivity index (χ2n) is 8.48. The molecule has 3 aromatic rings. The Morgan fingerprint density at radius 1 is 1.12 bits per heavy atom. The molecule has 0 bridgehead atoms. The highest BCUT2D eigenvalue weighted by Crippen LogP contribution is 2.32. The summed E-state index contributed by atoms with van der Waals surface area (Å²) in [6.45, 7) is 4.60. The van der Waals surface area contributed by atoms with Crippen LogP contribution < -0.4 is 5.73 Å². The van der Waals surface area contributed by atoms with Gasteiger partial charge in [0.2, 0.25) is 11.8 Å². The highest BCUT2D eigenvalue weighted by molar-refractivity contribution is 5.94.